The van der Waals surface area contributed by atoms with Gasteiger partial charge >= 0.3 is 6.03 Å². The van der Waals surface area contributed by atoms with Crippen LogP contribution in [0.2, 0.25) is 0 Å². The smallest absolute Gasteiger partial charge is 0.333 e. The van der Waals surface area contributed by atoms with E-state index in [2.05, 4.69) is 15.5 Å². The van der Waals surface area contributed by atoms with Crippen LogP contribution in [0.3, 0.4) is 0 Å². The Hall–Kier alpha value is -3.49. The molecule has 0 aliphatic rings. The predicted octanol–water partition coefficient (Wildman–Crippen LogP) is 2.05. The molecule has 0 radical (unpaired) electrons. The van der Waals surface area contributed by atoms with Gasteiger partial charge in [-0.3, -0.25) is 10.2 Å². The van der Waals surface area contributed by atoms with Gasteiger partial charge in [0, 0.05) is 17.8 Å². The zero-order valence-electron chi connectivity index (χ0n) is 14.9. The number of urea groups is 1. The fourth-order valence-corrected chi connectivity index (χ4v) is 2.68. The first kappa shape index (κ1) is 18.3. The van der Waals surface area contributed by atoms with E-state index in [1.54, 1.807) is 50.4 Å². The van der Waals surface area contributed by atoms with Crippen molar-refractivity contribution in [3.8, 4) is 0 Å². The lowest BCUT2D eigenvalue weighted by atomic mass is 10.2. The normalized spacial score (nSPS) is 11.0. The number of carbonyl (C=O) groups is 2. The lowest BCUT2D eigenvalue weighted by Crippen LogP contribution is -2.52. The fraction of sp³-hybridized carbons (Fsp3) is 0.222. The van der Waals surface area contributed by atoms with E-state index < -0.39 is 11.9 Å². The molecule has 3 N–H and O–H groups in total. The highest BCUT2D eigenvalue weighted by atomic mass is 19.1. The lowest BCUT2D eigenvalue weighted by molar-refractivity contribution is 0.0791. The first-order chi connectivity index (χ1) is 12.9. The fourth-order valence-electron chi connectivity index (χ4n) is 2.68. The maximum Gasteiger partial charge on any atom is 0.333 e. The van der Waals surface area contributed by atoms with Gasteiger partial charge in [0.05, 0.1) is 11.9 Å². The van der Waals surface area contributed by atoms with Crippen LogP contribution >= 0.6 is 0 Å². The standard InChI is InChI=1S/C18H19FN6O2/c1-11(2)25(18(20)27)23-17(26)15-13-7-5-9-21-16(13)24(22-15)10-12-6-3-4-8-14(12)19/h3-9,11H,10H2,1-2H3,(H2,20,27)(H,23,26). The van der Waals surface area contributed by atoms with Crippen molar-refractivity contribution in [2.45, 2.75) is 26.4 Å². The number of nitrogens with two attached hydrogens (primary N) is 1. The van der Waals surface area contributed by atoms with E-state index in [-0.39, 0.29) is 24.1 Å². The Labute approximate surface area is 154 Å². The van der Waals surface area contributed by atoms with Gasteiger partial charge in [0.15, 0.2) is 11.3 Å². The van der Waals surface area contributed by atoms with Crippen molar-refractivity contribution < 1.29 is 14.0 Å². The van der Waals surface area contributed by atoms with Gasteiger partial charge in [-0.1, -0.05) is 18.2 Å². The maximum atomic E-state index is 14.0. The van der Waals surface area contributed by atoms with Gasteiger partial charge in [-0.05, 0) is 32.0 Å². The van der Waals surface area contributed by atoms with E-state index in [4.69, 9.17) is 5.73 Å². The van der Waals surface area contributed by atoms with Crippen molar-refractivity contribution in [3.05, 3.63) is 59.7 Å². The van der Waals surface area contributed by atoms with Crippen LogP contribution in [0.4, 0.5) is 9.18 Å². The highest BCUT2D eigenvalue weighted by molar-refractivity contribution is 6.04. The number of hydrogen-bond donors (Lipinski definition) is 2. The third-order valence-corrected chi connectivity index (χ3v) is 3.98. The van der Waals surface area contributed by atoms with Crippen molar-refractivity contribution in [1.82, 2.24) is 25.2 Å². The molecule has 9 heteroatoms. The molecule has 3 aromatic rings. The Balaban J connectivity index is 1.98. The molecule has 0 atom stereocenters. The van der Waals surface area contributed by atoms with E-state index in [9.17, 15) is 14.0 Å². The molecule has 1 aromatic carbocycles. The molecule has 3 amide bonds. The Morgan fingerprint density at radius 3 is 2.67 bits per heavy atom. The van der Waals surface area contributed by atoms with Crippen LogP contribution in [0, 0.1) is 5.82 Å². The molecule has 3 rings (SSSR count). The zero-order chi connectivity index (χ0) is 19.6. The minimum atomic E-state index is -0.786. The van der Waals surface area contributed by atoms with Crippen LogP contribution in [0.1, 0.15) is 29.9 Å². The summed E-state index contributed by atoms with van der Waals surface area (Å²) in [6.07, 6.45) is 1.56. The summed E-state index contributed by atoms with van der Waals surface area (Å²) in [5.74, 6) is -0.976. The minimum absolute atomic E-state index is 0.0707. The van der Waals surface area contributed by atoms with Crippen LogP contribution in [0.25, 0.3) is 11.0 Å². The summed E-state index contributed by atoms with van der Waals surface area (Å²) >= 11 is 0. The molecule has 8 nitrogen and oxygen atoms in total. The maximum absolute atomic E-state index is 14.0. The zero-order valence-corrected chi connectivity index (χ0v) is 14.9. The second-order valence-electron chi connectivity index (χ2n) is 6.22. The van der Waals surface area contributed by atoms with Crippen molar-refractivity contribution in [1.29, 1.82) is 0 Å². The molecule has 0 saturated heterocycles. The third kappa shape index (κ3) is 3.71. The molecule has 0 bridgehead atoms. The van der Waals surface area contributed by atoms with Crippen LogP contribution in [0.5, 0.6) is 0 Å². The van der Waals surface area contributed by atoms with Gasteiger partial charge in [-0.25, -0.2) is 23.9 Å². The van der Waals surface area contributed by atoms with E-state index in [1.165, 1.54) is 10.7 Å². The number of nitrogens with zero attached hydrogens (tertiary/aromatic N) is 4. The SMILES string of the molecule is CC(C)N(NC(=O)c1nn(Cc2ccccc2F)c2ncccc12)C(N)=O. The number of nitrogens with one attached hydrogen (secondary N) is 1. The van der Waals surface area contributed by atoms with E-state index in [0.717, 1.165) is 5.01 Å². The molecular formula is C18H19FN6O2. The summed E-state index contributed by atoms with van der Waals surface area (Å²) in [6.45, 7) is 3.53. The largest absolute Gasteiger partial charge is 0.350 e. The molecule has 27 heavy (non-hydrogen) atoms. The summed E-state index contributed by atoms with van der Waals surface area (Å²) in [5, 5.41) is 5.79. The summed E-state index contributed by atoms with van der Waals surface area (Å²) in [5.41, 5.74) is 8.67. The van der Waals surface area contributed by atoms with Crippen molar-refractivity contribution >= 4 is 23.0 Å². The van der Waals surface area contributed by atoms with Gasteiger partial charge in [-0.15, -0.1) is 0 Å². The molecule has 0 aliphatic heterocycles. The van der Waals surface area contributed by atoms with Gasteiger partial charge in [0.25, 0.3) is 5.91 Å². The Morgan fingerprint density at radius 1 is 1.26 bits per heavy atom. The molecular weight excluding hydrogens is 351 g/mol. The first-order valence-electron chi connectivity index (χ1n) is 8.33. The van der Waals surface area contributed by atoms with Crippen molar-refractivity contribution in [3.63, 3.8) is 0 Å². The molecule has 140 valence electrons. The number of hydrogen-bond acceptors (Lipinski definition) is 4. The molecule has 0 spiro atoms. The number of benzene rings is 1. The van der Waals surface area contributed by atoms with Gasteiger partial charge in [0.1, 0.15) is 5.82 Å². The molecule has 2 heterocycles. The van der Waals surface area contributed by atoms with Crippen LogP contribution in [-0.2, 0) is 6.54 Å². The first-order valence-corrected chi connectivity index (χ1v) is 8.33. The van der Waals surface area contributed by atoms with Crippen LogP contribution < -0.4 is 11.2 Å². The molecule has 0 fully saturated rings. The summed E-state index contributed by atoms with van der Waals surface area (Å²) < 4.78 is 15.4. The Bertz CT molecular complexity index is 1000. The number of halogens is 1. The van der Waals surface area contributed by atoms with Gasteiger partial charge in [0.2, 0.25) is 0 Å². The number of pyridine rings is 1. The monoisotopic (exact) mass is 370 g/mol. The van der Waals surface area contributed by atoms with E-state index in [1.807, 2.05) is 0 Å². The minimum Gasteiger partial charge on any atom is -0.350 e. The van der Waals surface area contributed by atoms with Crippen LogP contribution in [0.15, 0.2) is 42.6 Å². The van der Waals surface area contributed by atoms with E-state index in [0.29, 0.717) is 16.6 Å². The average Bonchev–Trinajstić information content (AvgIpc) is 3.00. The molecule has 0 aliphatic carbocycles. The van der Waals surface area contributed by atoms with Crippen molar-refractivity contribution in [2.24, 2.45) is 5.73 Å². The third-order valence-electron chi connectivity index (χ3n) is 3.98. The van der Waals surface area contributed by atoms with Crippen LogP contribution in [-0.4, -0.2) is 37.8 Å². The topological polar surface area (TPSA) is 106 Å². The number of rotatable bonds is 4. The highest BCUT2D eigenvalue weighted by Gasteiger charge is 2.23. The summed E-state index contributed by atoms with van der Waals surface area (Å²) in [6, 6.07) is 8.55. The van der Waals surface area contributed by atoms with Gasteiger partial charge < -0.3 is 5.73 Å². The number of fused-ring (bicyclic) bond motifs is 1. The number of primary amides is 1. The lowest BCUT2D eigenvalue weighted by Gasteiger charge is -2.24. The molecule has 0 saturated carbocycles. The second kappa shape index (κ2) is 7.40. The Kier molecular flexibility index (Phi) is 5.02. The molecule has 0 unspecified atom stereocenters. The predicted molar refractivity (Wildman–Crippen MR) is 97.1 cm³/mol. The average molecular weight is 370 g/mol. The quantitative estimate of drug-likeness (QED) is 0.686. The molecule has 2 aromatic heterocycles. The highest BCUT2D eigenvalue weighted by Crippen LogP contribution is 2.18. The number of amides is 3. The number of hydrazine groups is 1. The number of aromatic nitrogens is 3. The summed E-state index contributed by atoms with van der Waals surface area (Å²) in [7, 11) is 0. The summed E-state index contributed by atoms with van der Waals surface area (Å²) in [4.78, 5) is 28.4. The second-order valence-corrected chi connectivity index (χ2v) is 6.22. The number of carbonyl (C=O) groups excluding carboxylic acids is 2. The van der Waals surface area contributed by atoms with E-state index >= 15 is 0 Å². The Morgan fingerprint density at radius 2 is 2.00 bits per heavy atom. The van der Waals surface area contributed by atoms with Gasteiger partial charge in [-0.2, -0.15) is 5.10 Å². The van der Waals surface area contributed by atoms with Crippen molar-refractivity contribution in [2.75, 3.05) is 0 Å².